The number of hydroxylamine groups is 1. The number of nitrogens with zero attached hydrogens (tertiary/aromatic N) is 1. The van der Waals surface area contributed by atoms with Gasteiger partial charge in [0.2, 0.25) is 0 Å². The number of hydrogen-bond donors (Lipinski definition) is 4. The Labute approximate surface area is 158 Å². The average molecular weight is 374 g/mol. The first-order chi connectivity index (χ1) is 13.1. The van der Waals surface area contributed by atoms with Gasteiger partial charge in [-0.2, -0.15) is 0 Å². The zero-order chi connectivity index (χ0) is 19.5. The van der Waals surface area contributed by atoms with Crippen LogP contribution in [-0.2, 0) is 11.2 Å². The first-order valence-corrected chi connectivity index (χ1v) is 9.09. The van der Waals surface area contributed by atoms with Crippen molar-refractivity contribution < 1.29 is 19.5 Å². The molecule has 8 heteroatoms. The molecule has 2 rings (SSSR count). The van der Waals surface area contributed by atoms with Gasteiger partial charge in [0.1, 0.15) is 11.8 Å². The van der Waals surface area contributed by atoms with E-state index in [1.165, 1.54) is 19.2 Å². The topological polar surface area (TPSA) is 116 Å². The highest BCUT2D eigenvalue weighted by Crippen LogP contribution is 2.13. The third-order valence-corrected chi connectivity index (χ3v) is 4.09. The molecule has 0 spiro atoms. The molecular formula is C19H26N4O4. The Morgan fingerprint density at radius 1 is 1.22 bits per heavy atom. The fourth-order valence-electron chi connectivity index (χ4n) is 2.57. The van der Waals surface area contributed by atoms with Gasteiger partial charge in [-0.1, -0.05) is 26.2 Å². The van der Waals surface area contributed by atoms with Gasteiger partial charge in [-0.3, -0.25) is 14.8 Å². The highest BCUT2D eigenvalue weighted by molar-refractivity contribution is 5.97. The van der Waals surface area contributed by atoms with Crippen LogP contribution in [0.15, 0.2) is 36.8 Å². The fraction of sp³-hybridized carbons (Fsp3) is 0.421. The summed E-state index contributed by atoms with van der Waals surface area (Å²) in [5, 5.41) is 11.5. The molecule has 0 bridgehead atoms. The molecule has 2 aromatic rings. The Hall–Kier alpha value is -2.87. The first-order valence-electron chi connectivity index (χ1n) is 9.09. The molecule has 2 amide bonds. The van der Waals surface area contributed by atoms with Gasteiger partial charge in [-0.05, 0) is 30.7 Å². The Kier molecular flexibility index (Phi) is 8.31. The van der Waals surface area contributed by atoms with Crippen molar-refractivity contribution in [2.24, 2.45) is 0 Å². The molecule has 1 atom stereocenters. The van der Waals surface area contributed by atoms with Crippen LogP contribution in [0.5, 0.6) is 5.75 Å². The molecule has 1 heterocycles. The summed E-state index contributed by atoms with van der Waals surface area (Å²) in [6.07, 6.45) is 7.73. The van der Waals surface area contributed by atoms with Crippen LogP contribution in [0.2, 0.25) is 0 Å². The second-order valence-electron chi connectivity index (χ2n) is 6.22. The van der Waals surface area contributed by atoms with Gasteiger partial charge in [0.25, 0.3) is 11.8 Å². The monoisotopic (exact) mass is 374 g/mol. The minimum absolute atomic E-state index is 0.178. The van der Waals surface area contributed by atoms with Crippen LogP contribution in [0.3, 0.4) is 0 Å². The first kappa shape index (κ1) is 20.4. The molecular weight excluding hydrogens is 348 g/mol. The van der Waals surface area contributed by atoms with E-state index in [0.717, 1.165) is 12.8 Å². The molecule has 1 aromatic heterocycles. The Bertz CT molecular complexity index is 701. The lowest BCUT2D eigenvalue weighted by atomic mass is 10.1. The van der Waals surface area contributed by atoms with Crippen LogP contribution in [0, 0.1) is 0 Å². The van der Waals surface area contributed by atoms with Crippen molar-refractivity contribution in [1.29, 1.82) is 0 Å². The molecule has 8 nitrogen and oxygen atoms in total. The molecule has 0 aliphatic carbocycles. The number of benzene rings is 1. The second-order valence-corrected chi connectivity index (χ2v) is 6.22. The Morgan fingerprint density at radius 3 is 2.63 bits per heavy atom. The molecule has 0 fully saturated rings. The Balaban J connectivity index is 1.89. The lowest BCUT2D eigenvalue weighted by molar-refractivity contribution is -0.131. The number of aromatic amines is 1. The van der Waals surface area contributed by atoms with Crippen LogP contribution >= 0.6 is 0 Å². The number of amides is 2. The van der Waals surface area contributed by atoms with E-state index >= 15 is 0 Å². The Morgan fingerprint density at radius 2 is 2.00 bits per heavy atom. The minimum Gasteiger partial charge on any atom is -0.494 e. The quantitative estimate of drug-likeness (QED) is 0.273. The van der Waals surface area contributed by atoms with Crippen LogP contribution < -0.4 is 15.5 Å². The SMILES string of the molecule is CCCCCCOc1ccc(C(=O)N[C@@H](Cc2cnc[nH]2)C(=O)NO)cc1. The van der Waals surface area contributed by atoms with E-state index in [-0.39, 0.29) is 6.42 Å². The maximum absolute atomic E-state index is 12.4. The third kappa shape index (κ3) is 6.74. The van der Waals surface area contributed by atoms with Crippen molar-refractivity contribution in [1.82, 2.24) is 20.8 Å². The van der Waals surface area contributed by atoms with Gasteiger partial charge < -0.3 is 15.0 Å². The molecule has 1 aromatic carbocycles. The number of ether oxygens (including phenoxy) is 1. The zero-order valence-electron chi connectivity index (χ0n) is 15.4. The highest BCUT2D eigenvalue weighted by Gasteiger charge is 2.22. The van der Waals surface area contributed by atoms with Gasteiger partial charge >= 0.3 is 0 Å². The van der Waals surface area contributed by atoms with Gasteiger partial charge in [-0.15, -0.1) is 0 Å². The van der Waals surface area contributed by atoms with Crippen molar-refractivity contribution in [3.8, 4) is 5.75 Å². The van der Waals surface area contributed by atoms with Crippen LogP contribution in [-0.4, -0.2) is 39.6 Å². The van der Waals surface area contributed by atoms with Crippen LogP contribution in [0.4, 0.5) is 0 Å². The molecule has 0 radical (unpaired) electrons. The molecule has 0 saturated carbocycles. The lowest BCUT2D eigenvalue weighted by Crippen LogP contribution is -2.47. The number of unbranched alkanes of at least 4 members (excludes halogenated alkanes) is 3. The van der Waals surface area contributed by atoms with E-state index in [1.54, 1.807) is 35.9 Å². The number of aromatic nitrogens is 2. The maximum Gasteiger partial charge on any atom is 0.266 e. The van der Waals surface area contributed by atoms with E-state index in [1.807, 2.05) is 0 Å². The average Bonchev–Trinajstić information content (AvgIpc) is 3.20. The van der Waals surface area contributed by atoms with Crippen LogP contribution in [0.25, 0.3) is 0 Å². The maximum atomic E-state index is 12.4. The second kappa shape index (κ2) is 11.0. The number of carbonyl (C=O) groups is 2. The van der Waals surface area contributed by atoms with Crippen molar-refractivity contribution in [2.45, 2.75) is 45.1 Å². The molecule has 4 N–H and O–H groups in total. The number of imidazole rings is 1. The largest absolute Gasteiger partial charge is 0.494 e. The normalized spacial score (nSPS) is 11.6. The predicted molar refractivity (Wildman–Crippen MR) is 99.6 cm³/mol. The van der Waals surface area contributed by atoms with Crippen LogP contribution in [0.1, 0.15) is 48.7 Å². The smallest absolute Gasteiger partial charge is 0.266 e. The summed E-state index contributed by atoms with van der Waals surface area (Å²) >= 11 is 0. The van der Waals surface area contributed by atoms with E-state index in [9.17, 15) is 9.59 Å². The van der Waals surface area contributed by atoms with E-state index in [0.29, 0.717) is 23.6 Å². The third-order valence-electron chi connectivity index (χ3n) is 4.09. The summed E-state index contributed by atoms with van der Waals surface area (Å²) in [4.78, 5) is 31.0. The minimum atomic E-state index is -0.933. The summed E-state index contributed by atoms with van der Waals surface area (Å²) < 4.78 is 5.65. The van der Waals surface area contributed by atoms with Gasteiger partial charge in [0, 0.05) is 23.9 Å². The summed E-state index contributed by atoms with van der Waals surface area (Å²) in [5.41, 5.74) is 2.63. The number of hydrogen-bond acceptors (Lipinski definition) is 5. The summed E-state index contributed by atoms with van der Waals surface area (Å²) in [6.45, 7) is 2.81. The fourth-order valence-corrected chi connectivity index (χ4v) is 2.57. The number of nitrogens with one attached hydrogen (secondary N) is 3. The molecule has 0 aliphatic rings. The molecule has 146 valence electrons. The van der Waals surface area contributed by atoms with Crippen molar-refractivity contribution >= 4 is 11.8 Å². The lowest BCUT2D eigenvalue weighted by Gasteiger charge is -2.16. The standard InChI is InChI=1S/C19H26N4O4/c1-2-3-4-5-10-27-16-8-6-14(7-9-16)18(24)22-17(19(25)23-26)11-15-12-20-13-21-15/h6-9,12-13,17,26H,2-5,10-11H2,1H3,(H,20,21)(H,22,24)(H,23,25)/t17-/m0/s1. The molecule has 0 unspecified atom stereocenters. The number of rotatable bonds is 11. The van der Waals surface area contributed by atoms with E-state index < -0.39 is 17.9 Å². The summed E-state index contributed by atoms with van der Waals surface area (Å²) in [5.74, 6) is -0.423. The van der Waals surface area contributed by atoms with Crippen molar-refractivity contribution in [2.75, 3.05) is 6.61 Å². The molecule has 0 aliphatic heterocycles. The molecule has 27 heavy (non-hydrogen) atoms. The van der Waals surface area contributed by atoms with E-state index in [2.05, 4.69) is 22.2 Å². The van der Waals surface area contributed by atoms with Crippen molar-refractivity contribution in [3.05, 3.63) is 48.0 Å². The van der Waals surface area contributed by atoms with Gasteiger partial charge in [0.05, 0.1) is 12.9 Å². The summed E-state index contributed by atoms with van der Waals surface area (Å²) in [7, 11) is 0. The molecule has 0 saturated heterocycles. The van der Waals surface area contributed by atoms with Crippen molar-refractivity contribution in [3.63, 3.8) is 0 Å². The van der Waals surface area contributed by atoms with Gasteiger partial charge in [-0.25, -0.2) is 10.5 Å². The number of carbonyl (C=O) groups excluding carboxylic acids is 2. The summed E-state index contributed by atoms with van der Waals surface area (Å²) in [6, 6.07) is 5.80. The van der Waals surface area contributed by atoms with Gasteiger partial charge in [0.15, 0.2) is 0 Å². The highest BCUT2D eigenvalue weighted by atomic mass is 16.5. The van der Waals surface area contributed by atoms with E-state index in [4.69, 9.17) is 9.94 Å². The number of H-pyrrole nitrogens is 1. The zero-order valence-corrected chi connectivity index (χ0v) is 15.4. The predicted octanol–water partition coefficient (Wildman–Crippen LogP) is 2.22.